The molecule has 2 heterocycles. The largest absolute Gasteiger partial charge is 0.459 e. The van der Waals surface area contributed by atoms with Gasteiger partial charge in [-0.05, 0) is 46.5 Å². The van der Waals surface area contributed by atoms with Gasteiger partial charge in [-0.15, -0.1) is 0 Å². The highest BCUT2D eigenvalue weighted by Gasteiger charge is 2.43. The van der Waals surface area contributed by atoms with E-state index < -0.39 is 11.5 Å². The molecular formula is C13H21NO3. The van der Waals surface area contributed by atoms with E-state index in [0.717, 1.165) is 19.3 Å². The maximum Gasteiger partial charge on any atom is 0.317 e. The summed E-state index contributed by atoms with van der Waals surface area (Å²) in [5.74, 6) is -0.873. The molecule has 2 aliphatic heterocycles. The third kappa shape index (κ3) is 2.86. The number of fused-ring (bicyclic) bond motifs is 2. The van der Waals surface area contributed by atoms with Crippen LogP contribution in [0.1, 0.15) is 46.5 Å². The molecule has 0 aliphatic carbocycles. The number of nitrogens with one attached hydrogen (secondary N) is 1. The second-order valence-corrected chi connectivity index (χ2v) is 6.07. The van der Waals surface area contributed by atoms with Gasteiger partial charge in [0.25, 0.3) is 0 Å². The van der Waals surface area contributed by atoms with Crippen LogP contribution < -0.4 is 5.32 Å². The van der Waals surface area contributed by atoms with Crippen LogP contribution in [-0.2, 0) is 14.3 Å². The van der Waals surface area contributed by atoms with Gasteiger partial charge in [0.2, 0.25) is 0 Å². The number of ketones is 1. The van der Waals surface area contributed by atoms with E-state index in [1.54, 1.807) is 0 Å². The molecule has 0 aromatic rings. The standard InChI is InChI=1S/C13H21NO3/c1-13(2,3)17-12(16)9-7-8-5-4-6-10(14-8)11(9)15/h8-10,14H,4-7H2,1-3H3. The molecule has 2 fully saturated rings. The van der Waals surface area contributed by atoms with Crippen molar-refractivity contribution in [3.05, 3.63) is 0 Å². The quantitative estimate of drug-likeness (QED) is 0.555. The minimum absolute atomic E-state index is 0.0233. The van der Waals surface area contributed by atoms with Gasteiger partial charge in [0.05, 0.1) is 6.04 Å². The Kier molecular flexibility index (Phi) is 3.25. The van der Waals surface area contributed by atoms with Gasteiger partial charge in [-0.3, -0.25) is 9.59 Å². The summed E-state index contributed by atoms with van der Waals surface area (Å²) in [4.78, 5) is 24.1. The fourth-order valence-corrected chi connectivity index (χ4v) is 2.66. The first kappa shape index (κ1) is 12.6. The first-order valence-corrected chi connectivity index (χ1v) is 6.39. The molecule has 4 nitrogen and oxygen atoms in total. The molecule has 0 aromatic carbocycles. The van der Waals surface area contributed by atoms with Crippen molar-refractivity contribution in [1.82, 2.24) is 5.32 Å². The molecular weight excluding hydrogens is 218 g/mol. The summed E-state index contributed by atoms with van der Waals surface area (Å²) in [6.07, 6.45) is 3.59. The van der Waals surface area contributed by atoms with Crippen LogP contribution in [0.25, 0.3) is 0 Å². The molecule has 0 aromatic heterocycles. The second kappa shape index (κ2) is 4.41. The Morgan fingerprint density at radius 1 is 1.35 bits per heavy atom. The van der Waals surface area contributed by atoms with Crippen LogP contribution >= 0.6 is 0 Å². The lowest BCUT2D eigenvalue weighted by molar-refractivity contribution is -0.164. The maximum atomic E-state index is 12.1. The number of rotatable bonds is 1. The average molecular weight is 239 g/mol. The minimum Gasteiger partial charge on any atom is -0.459 e. The van der Waals surface area contributed by atoms with Crippen LogP contribution in [-0.4, -0.2) is 29.4 Å². The Morgan fingerprint density at radius 3 is 2.71 bits per heavy atom. The third-order valence-electron chi connectivity index (χ3n) is 3.38. The highest BCUT2D eigenvalue weighted by Crippen LogP contribution is 2.29. The van der Waals surface area contributed by atoms with Crippen LogP contribution in [0.15, 0.2) is 0 Å². The number of hydrogen-bond acceptors (Lipinski definition) is 4. The molecule has 0 saturated carbocycles. The van der Waals surface area contributed by atoms with Gasteiger partial charge in [0.15, 0.2) is 5.78 Å². The summed E-state index contributed by atoms with van der Waals surface area (Å²) >= 11 is 0. The monoisotopic (exact) mass is 239 g/mol. The summed E-state index contributed by atoms with van der Waals surface area (Å²) in [7, 11) is 0. The van der Waals surface area contributed by atoms with Gasteiger partial charge in [-0.25, -0.2) is 0 Å². The summed E-state index contributed by atoms with van der Waals surface area (Å²) in [6.45, 7) is 5.49. The lowest BCUT2D eigenvalue weighted by Crippen LogP contribution is -2.56. The number of Topliss-reactive ketones (excluding diaryl/α,β-unsaturated/α-hetero) is 1. The van der Waals surface area contributed by atoms with Crippen LogP contribution in [0.3, 0.4) is 0 Å². The predicted octanol–water partition coefficient (Wildman–Crippen LogP) is 1.43. The van der Waals surface area contributed by atoms with Crippen molar-refractivity contribution in [3.63, 3.8) is 0 Å². The molecule has 2 rings (SSSR count). The number of hydrogen-bond donors (Lipinski definition) is 1. The van der Waals surface area contributed by atoms with E-state index in [1.807, 2.05) is 20.8 Å². The number of ether oxygens (including phenoxy) is 1. The summed E-state index contributed by atoms with van der Waals surface area (Å²) < 4.78 is 5.33. The summed E-state index contributed by atoms with van der Waals surface area (Å²) in [5, 5.41) is 3.29. The Morgan fingerprint density at radius 2 is 2.06 bits per heavy atom. The Hall–Kier alpha value is -0.900. The van der Waals surface area contributed by atoms with E-state index >= 15 is 0 Å². The number of carbonyl (C=O) groups is 2. The zero-order chi connectivity index (χ0) is 12.6. The van der Waals surface area contributed by atoms with Crippen molar-refractivity contribution in [1.29, 1.82) is 0 Å². The maximum absolute atomic E-state index is 12.1. The average Bonchev–Trinajstić information content (AvgIpc) is 2.21. The fraction of sp³-hybridized carbons (Fsp3) is 0.846. The third-order valence-corrected chi connectivity index (χ3v) is 3.38. The van der Waals surface area contributed by atoms with Crippen molar-refractivity contribution in [2.75, 3.05) is 0 Å². The Balaban J connectivity index is 2.05. The number of piperidine rings is 2. The molecule has 2 saturated heterocycles. The van der Waals surface area contributed by atoms with Gasteiger partial charge < -0.3 is 10.1 Å². The number of esters is 1. The van der Waals surface area contributed by atoms with Crippen LogP contribution in [0.2, 0.25) is 0 Å². The molecule has 0 spiro atoms. The fourth-order valence-electron chi connectivity index (χ4n) is 2.66. The van der Waals surface area contributed by atoms with E-state index in [1.165, 1.54) is 0 Å². The molecule has 2 aliphatic rings. The highest BCUT2D eigenvalue weighted by atomic mass is 16.6. The van der Waals surface area contributed by atoms with Crippen LogP contribution in [0.5, 0.6) is 0 Å². The molecule has 3 unspecified atom stereocenters. The van der Waals surface area contributed by atoms with E-state index in [9.17, 15) is 9.59 Å². The summed E-state index contributed by atoms with van der Waals surface area (Å²) in [6, 6.07) is 0.184. The highest BCUT2D eigenvalue weighted by molar-refractivity contribution is 6.02. The van der Waals surface area contributed by atoms with Gasteiger partial charge in [0, 0.05) is 6.04 Å². The van der Waals surface area contributed by atoms with Crippen molar-refractivity contribution >= 4 is 11.8 Å². The second-order valence-electron chi connectivity index (χ2n) is 6.07. The van der Waals surface area contributed by atoms with Crippen molar-refractivity contribution < 1.29 is 14.3 Å². The molecule has 0 amide bonds. The molecule has 0 radical (unpaired) electrons. The Labute approximate surface area is 102 Å². The van der Waals surface area contributed by atoms with Gasteiger partial charge >= 0.3 is 5.97 Å². The Bertz CT molecular complexity index is 332. The van der Waals surface area contributed by atoms with Gasteiger partial charge in [-0.2, -0.15) is 0 Å². The van der Waals surface area contributed by atoms with Crippen LogP contribution in [0, 0.1) is 5.92 Å². The zero-order valence-electron chi connectivity index (χ0n) is 10.8. The van der Waals surface area contributed by atoms with Gasteiger partial charge in [-0.1, -0.05) is 0 Å². The molecule has 2 bridgehead atoms. The van der Waals surface area contributed by atoms with Crippen LogP contribution in [0.4, 0.5) is 0 Å². The van der Waals surface area contributed by atoms with Crippen molar-refractivity contribution in [3.8, 4) is 0 Å². The lowest BCUT2D eigenvalue weighted by atomic mass is 9.79. The molecule has 17 heavy (non-hydrogen) atoms. The van der Waals surface area contributed by atoms with Gasteiger partial charge in [0.1, 0.15) is 11.5 Å². The molecule has 4 heteroatoms. The molecule has 1 N–H and O–H groups in total. The molecule has 96 valence electrons. The van der Waals surface area contributed by atoms with E-state index in [0.29, 0.717) is 12.5 Å². The smallest absolute Gasteiger partial charge is 0.317 e. The first-order valence-electron chi connectivity index (χ1n) is 6.39. The normalized spacial score (nSPS) is 33.4. The number of carbonyl (C=O) groups excluding carboxylic acids is 2. The SMILES string of the molecule is CC(C)(C)OC(=O)C1CC2CCCC(N2)C1=O. The molecule has 3 atom stereocenters. The van der Waals surface area contributed by atoms with E-state index in [-0.39, 0.29) is 17.8 Å². The zero-order valence-corrected chi connectivity index (χ0v) is 10.8. The van der Waals surface area contributed by atoms with E-state index in [2.05, 4.69) is 5.32 Å². The van der Waals surface area contributed by atoms with E-state index in [4.69, 9.17) is 4.74 Å². The lowest BCUT2D eigenvalue weighted by Gasteiger charge is -2.38. The first-order chi connectivity index (χ1) is 7.87. The minimum atomic E-state index is -0.550. The van der Waals surface area contributed by atoms with Crippen molar-refractivity contribution in [2.24, 2.45) is 5.92 Å². The predicted molar refractivity (Wildman–Crippen MR) is 63.5 cm³/mol. The topological polar surface area (TPSA) is 55.4 Å². The summed E-state index contributed by atoms with van der Waals surface area (Å²) in [5.41, 5.74) is -0.517. The van der Waals surface area contributed by atoms with Crippen molar-refractivity contribution in [2.45, 2.75) is 64.1 Å².